The number of nitrogens with zero attached hydrogens (tertiary/aromatic N) is 2. The normalized spacial score (nSPS) is 22.1. The summed E-state index contributed by atoms with van der Waals surface area (Å²) in [5.41, 5.74) is 1.37. The Bertz CT molecular complexity index is 627. The van der Waals surface area contributed by atoms with Gasteiger partial charge in [0, 0.05) is 12.2 Å². The molecule has 1 aliphatic rings. The lowest BCUT2D eigenvalue weighted by molar-refractivity contribution is 0.00940. The van der Waals surface area contributed by atoms with E-state index in [1.807, 2.05) is 37.3 Å². The van der Waals surface area contributed by atoms with E-state index in [0.717, 1.165) is 35.2 Å². The third-order valence-corrected chi connectivity index (χ3v) is 4.80. The van der Waals surface area contributed by atoms with Crippen molar-refractivity contribution in [2.24, 2.45) is 0 Å². The van der Waals surface area contributed by atoms with Crippen LogP contribution in [0.3, 0.4) is 0 Å². The zero-order valence-electron chi connectivity index (χ0n) is 11.1. The highest BCUT2D eigenvalue weighted by Crippen LogP contribution is 2.38. The third-order valence-electron chi connectivity index (χ3n) is 3.55. The van der Waals surface area contributed by atoms with Gasteiger partial charge in [0.2, 0.25) is 0 Å². The lowest BCUT2D eigenvalue weighted by Gasteiger charge is -2.22. The van der Waals surface area contributed by atoms with Crippen molar-refractivity contribution in [2.45, 2.75) is 25.4 Å². The topological polar surface area (TPSA) is 35.0 Å². The predicted molar refractivity (Wildman–Crippen MR) is 82.7 cm³/mol. The largest absolute Gasteiger partial charge is 0.367 e. The van der Waals surface area contributed by atoms with Crippen molar-refractivity contribution in [3.63, 3.8) is 0 Å². The Labute approximate surface area is 131 Å². The maximum atomic E-state index is 6.26. The van der Waals surface area contributed by atoms with E-state index in [0.29, 0.717) is 11.0 Å². The number of hydrogen-bond acceptors (Lipinski definition) is 3. The average Bonchev–Trinajstić information content (AvgIpc) is 2.91. The minimum atomic E-state index is -0.437. The van der Waals surface area contributed by atoms with Gasteiger partial charge in [-0.05, 0) is 35.7 Å². The van der Waals surface area contributed by atoms with Crippen LogP contribution < -0.4 is 0 Å². The molecule has 2 heterocycles. The van der Waals surface area contributed by atoms with Crippen LogP contribution in [0.2, 0.25) is 5.15 Å². The highest BCUT2D eigenvalue weighted by molar-refractivity contribution is 9.10. The first-order valence-corrected chi connectivity index (χ1v) is 7.70. The number of hydrogen-bond donors (Lipinski definition) is 0. The number of ether oxygens (including phenoxy) is 1. The van der Waals surface area contributed by atoms with E-state index < -0.39 is 5.60 Å². The molecule has 0 saturated carbocycles. The van der Waals surface area contributed by atoms with Gasteiger partial charge in [-0.2, -0.15) is 0 Å². The first-order valence-electron chi connectivity index (χ1n) is 6.53. The van der Waals surface area contributed by atoms with E-state index in [2.05, 4.69) is 25.9 Å². The van der Waals surface area contributed by atoms with Crippen molar-refractivity contribution in [1.82, 2.24) is 9.97 Å². The van der Waals surface area contributed by atoms with Gasteiger partial charge in [0.25, 0.3) is 0 Å². The number of rotatable bonds is 2. The summed E-state index contributed by atoms with van der Waals surface area (Å²) in [6.45, 7) is 2.77. The van der Waals surface area contributed by atoms with Crippen LogP contribution in [-0.4, -0.2) is 16.6 Å². The van der Waals surface area contributed by atoms with Gasteiger partial charge in [0.1, 0.15) is 10.8 Å². The summed E-state index contributed by atoms with van der Waals surface area (Å²) in [5.74, 6) is 0.655. The number of aromatic nitrogens is 2. The summed E-state index contributed by atoms with van der Waals surface area (Å²) in [6.07, 6.45) is 1.94. The Balaban J connectivity index is 2.13. The molecule has 2 aromatic rings. The minimum absolute atomic E-state index is 0.422. The molecule has 1 fully saturated rings. The molecule has 1 saturated heterocycles. The number of halogens is 2. The van der Waals surface area contributed by atoms with Crippen molar-refractivity contribution in [1.29, 1.82) is 0 Å². The first kappa shape index (κ1) is 14.0. The second-order valence-corrected chi connectivity index (χ2v) is 6.20. The van der Waals surface area contributed by atoms with Crippen LogP contribution >= 0.6 is 27.5 Å². The van der Waals surface area contributed by atoms with Crippen molar-refractivity contribution in [2.75, 3.05) is 6.61 Å². The molecule has 5 heteroatoms. The summed E-state index contributed by atoms with van der Waals surface area (Å²) in [6, 6.07) is 9.94. The smallest absolute Gasteiger partial charge is 0.162 e. The Morgan fingerprint density at radius 1 is 1.25 bits per heavy atom. The van der Waals surface area contributed by atoms with E-state index in [4.69, 9.17) is 16.3 Å². The van der Waals surface area contributed by atoms with Crippen molar-refractivity contribution < 1.29 is 4.74 Å². The van der Waals surface area contributed by atoms with Crippen LogP contribution in [-0.2, 0) is 10.3 Å². The van der Waals surface area contributed by atoms with Gasteiger partial charge in [0.05, 0.1) is 10.2 Å². The van der Waals surface area contributed by atoms with Gasteiger partial charge < -0.3 is 4.74 Å². The molecule has 1 aromatic carbocycles. The Morgan fingerprint density at radius 3 is 2.65 bits per heavy atom. The molecular weight excluding hydrogens is 340 g/mol. The van der Waals surface area contributed by atoms with Gasteiger partial charge in [-0.15, -0.1) is 0 Å². The molecule has 0 N–H and O–H groups in total. The molecule has 1 atom stereocenters. The summed E-state index contributed by atoms with van der Waals surface area (Å²) < 4.78 is 6.53. The summed E-state index contributed by atoms with van der Waals surface area (Å²) in [4.78, 5) is 9.08. The molecule has 0 aliphatic carbocycles. The molecule has 3 nitrogen and oxygen atoms in total. The molecule has 1 aromatic heterocycles. The fraction of sp³-hybridized carbons (Fsp3) is 0.333. The van der Waals surface area contributed by atoms with Crippen molar-refractivity contribution in [3.8, 4) is 11.3 Å². The maximum Gasteiger partial charge on any atom is 0.162 e. The second kappa shape index (κ2) is 5.43. The molecule has 20 heavy (non-hydrogen) atoms. The Kier molecular flexibility index (Phi) is 3.80. The third kappa shape index (κ3) is 2.48. The zero-order valence-corrected chi connectivity index (χ0v) is 13.4. The van der Waals surface area contributed by atoms with Crippen LogP contribution in [0.15, 0.2) is 34.8 Å². The van der Waals surface area contributed by atoms with E-state index in [1.165, 1.54) is 0 Å². The van der Waals surface area contributed by atoms with E-state index in [-0.39, 0.29) is 0 Å². The second-order valence-electron chi connectivity index (χ2n) is 5.05. The monoisotopic (exact) mass is 352 g/mol. The molecule has 3 rings (SSSR count). The van der Waals surface area contributed by atoms with Gasteiger partial charge in [-0.3, -0.25) is 0 Å². The lowest BCUT2D eigenvalue weighted by Crippen LogP contribution is -2.24. The Morgan fingerprint density at radius 2 is 2.00 bits per heavy atom. The summed E-state index contributed by atoms with van der Waals surface area (Å²) in [7, 11) is 0. The number of benzene rings is 1. The SMILES string of the molecule is CC1(c2nc(Cl)c(Br)c(-c3ccccc3)n2)CCCO1. The van der Waals surface area contributed by atoms with Crippen molar-refractivity contribution in [3.05, 3.63) is 45.8 Å². The van der Waals surface area contributed by atoms with Crippen LogP contribution in [0.25, 0.3) is 11.3 Å². The fourth-order valence-corrected chi connectivity index (χ4v) is 2.97. The minimum Gasteiger partial charge on any atom is -0.367 e. The summed E-state index contributed by atoms with van der Waals surface area (Å²) >= 11 is 9.74. The molecule has 0 radical (unpaired) electrons. The fourth-order valence-electron chi connectivity index (χ4n) is 2.40. The highest BCUT2D eigenvalue weighted by Gasteiger charge is 2.35. The van der Waals surface area contributed by atoms with E-state index >= 15 is 0 Å². The molecule has 0 bridgehead atoms. The zero-order chi connectivity index (χ0) is 14.2. The molecule has 104 valence electrons. The van der Waals surface area contributed by atoms with Crippen LogP contribution in [0, 0.1) is 0 Å². The summed E-state index contributed by atoms with van der Waals surface area (Å²) in [5, 5.41) is 0.422. The molecule has 0 spiro atoms. The molecule has 0 amide bonds. The average molecular weight is 354 g/mol. The predicted octanol–water partition coefficient (Wildman–Crippen LogP) is 4.59. The van der Waals surface area contributed by atoms with Gasteiger partial charge >= 0.3 is 0 Å². The first-order chi connectivity index (χ1) is 9.60. The lowest BCUT2D eigenvalue weighted by atomic mass is 10.0. The highest BCUT2D eigenvalue weighted by atomic mass is 79.9. The maximum absolute atomic E-state index is 6.26. The standard InChI is InChI=1S/C15H14BrClN2O/c1-15(8-5-9-20-15)14-18-12(11(16)13(17)19-14)10-6-3-2-4-7-10/h2-4,6-7H,5,8-9H2,1H3. The quantitative estimate of drug-likeness (QED) is 0.741. The van der Waals surface area contributed by atoms with Crippen LogP contribution in [0.1, 0.15) is 25.6 Å². The Hall–Kier alpha value is -0.970. The molecular formula is C15H14BrClN2O. The van der Waals surface area contributed by atoms with Crippen LogP contribution in [0.5, 0.6) is 0 Å². The van der Waals surface area contributed by atoms with Gasteiger partial charge in [-0.25, -0.2) is 9.97 Å². The molecule has 1 aliphatic heterocycles. The molecule has 1 unspecified atom stereocenters. The van der Waals surface area contributed by atoms with E-state index in [1.54, 1.807) is 0 Å². The van der Waals surface area contributed by atoms with Crippen LogP contribution in [0.4, 0.5) is 0 Å². The van der Waals surface area contributed by atoms with Crippen molar-refractivity contribution >= 4 is 27.5 Å². The van der Waals surface area contributed by atoms with E-state index in [9.17, 15) is 0 Å². The van der Waals surface area contributed by atoms with Gasteiger partial charge in [0.15, 0.2) is 5.82 Å². The van der Waals surface area contributed by atoms with Gasteiger partial charge in [-0.1, -0.05) is 41.9 Å².